The van der Waals surface area contributed by atoms with Gasteiger partial charge in [-0.3, -0.25) is 4.90 Å². The number of rotatable bonds is 2. The lowest BCUT2D eigenvalue weighted by Crippen LogP contribution is -2.43. The van der Waals surface area contributed by atoms with Crippen LogP contribution in [-0.2, 0) is 4.74 Å². The number of amides is 1. The molecule has 0 radical (unpaired) electrons. The molecular formula is C16H21NO3. The number of hydrogen-bond donors (Lipinski definition) is 1. The lowest BCUT2D eigenvalue weighted by Gasteiger charge is -2.31. The molecule has 0 unspecified atom stereocenters. The van der Waals surface area contributed by atoms with E-state index >= 15 is 0 Å². The molecule has 1 aromatic rings. The van der Waals surface area contributed by atoms with Gasteiger partial charge in [-0.25, -0.2) is 4.79 Å². The van der Waals surface area contributed by atoms with Gasteiger partial charge in [-0.1, -0.05) is 51.1 Å². The Balaban J connectivity index is 1.90. The van der Waals surface area contributed by atoms with Gasteiger partial charge in [0.05, 0.1) is 6.04 Å². The van der Waals surface area contributed by atoms with E-state index in [0.29, 0.717) is 13.0 Å². The Morgan fingerprint density at radius 2 is 1.95 bits per heavy atom. The first-order chi connectivity index (χ1) is 9.34. The van der Waals surface area contributed by atoms with Gasteiger partial charge in [-0.05, 0) is 11.0 Å². The van der Waals surface area contributed by atoms with Crippen molar-refractivity contribution in [2.45, 2.75) is 39.0 Å². The van der Waals surface area contributed by atoms with Crippen molar-refractivity contribution >= 4 is 6.09 Å². The van der Waals surface area contributed by atoms with Crippen molar-refractivity contribution in [2.24, 2.45) is 11.3 Å². The second kappa shape index (κ2) is 4.22. The van der Waals surface area contributed by atoms with Gasteiger partial charge in [0.2, 0.25) is 0 Å². The van der Waals surface area contributed by atoms with Crippen LogP contribution in [0.4, 0.5) is 4.79 Å². The van der Waals surface area contributed by atoms with Crippen molar-refractivity contribution in [3.05, 3.63) is 35.9 Å². The van der Waals surface area contributed by atoms with Gasteiger partial charge in [0.15, 0.2) is 0 Å². The number of benzene rings is 1. The van der Waals surface area contributed by atoms with Gasteiger partial charge >= 0.3 is 6.09 Å². The van der Waals surface area contributed by atoms with Crippen LogP contribution in [0.1, 0.15) is 38.8 Å². The van der Waals surface area contributed by atoms with Crippen molar-refractivity contribution in [1.82, 2.24) is 4.90 Å². The lowest BCUT2D eigenvalue weighted by molar-refractivity contribution is -0.0323. The van der Waals surface area contributed by atoms with E-state index in [1.165, 1.54) is 4.90 Å². The Labute approximate surface area is 119 Å². The van der Waals surface area contributed by atoms with Crippen molar-refractivity contribution in [3.8, 4) is 0 Å². The molecule has 2 aliphatic rings. The SMILES string of the molecule is CC(C)(C)[C@H]1C[C@]1(O)N1C(=O)OC[C@H]1c1ccccc1. The van der Waals surface area contributed by atoms with E-state index in [9.17, 15) is 9.90 Å². The molecule has 1 amide bonds. The highest BCUT2D eigenvalue weighted by molar-refractivity contribution is 5.72. The minimum atomic E-state index is -1.06. The second-order valence-corrected chi connectivity index (χ2v) is 6.87. The number of hydrogen-bond acceptors (Lipinski definition) is 3. The van der Waals surface area contributed by atoms with Crippen molar-refractivity contribution in [2.75, 3.05) is 6.61 Å². The van der Waals surface area contributed by atoms with Gasteiger partial charge in [-0.2, -0.15) is 0 Å². The molecule has 20 heavy (non-hydrogen) atoms. The van der Waals surface area contributed by atoms with Crippen molar-refractivity contribution in [1.29, 1.82) is 0 Å². The maximum Gasteiger partial charge on any atom is 0.412 e. The van der Waals surface area contributed by atoms with Gasteiger partial charge in [0.1, 0.15) is 12.3 Å². The summed E-state index contributed by atoms with van der Waals surface area (Å²) in [6.07, 6.45) is 0.211. The Bertz CT molecular complexity index is 522. The average molecular weight is 275 g/mol. The molecule has 0 aromatic heterocycles. The first kappa shape index (κ1) is 13.4. The zero-order valence-corrected chi connectivity index (χ0v) is 12.2. The summed E-state index contributed by atoms with van der Waals surface area (Å²) in [5.41, 5.74) is -0.0862. The summed E-state index contributed by atoms with van der Waals surface area (Å²) in [7, 11) is 0. The van der Waals surface area contributed by atoms with Crippen LogP contribution in [0.25, 0.3) is 0 Å². The van der Waals surface area contributed by atoms with Gasteiger partial charge in [-0.15, -0.1) is 0 Å². The number of cyclic esters (lactones) is 1. The molecule has 3 rings (SSSR count). The number of aliphatic hydroxyl groups is 1. The van der Waals surface area contributed by atoms with E-state index in [1.54, 1.807) is 0 Å². The van der Waals surface area contributed by atoms with Crippen molar-refractivity contribution in [3.63, 3.8) is 0 Å². The fraction of sp³-hybridized carbons (Fsp3) is 0.562. The van der Waals surface area contributed by atoms with E-state index in [2.05, 4.69) is 20.8 Å². The topological polar surface area (TPSA) is 49.8 Å². The zero-order chi connectivity index (χ0) is 14.5. The fourth-order valence-corrected chi connectivity index (χ4v) is 3.28. The Morgan fingerprint density at radius 1 is 1.30 bits per heavy atom. The molecule has 1 aliphatic carbocycles. The molecule has 1 heterocycles. The van der Waals surface area contributed by atoms with Crippen LogP contribution in [0.2, 0.25) is 0 Å². The molecule has 4 heteroatoms. The van der Waals surface area contributed by atoms with Gasteiger partial charge < -0.3 is 9.84 Å². The number of carbonyl (C=O) groups is 1. The molecule has 1 N–H and O–H groups in total. The third-order valence-electron chi connectivity index (χ3n) is 4.42. The minimum Gasteiger partial charge on any atom is -0.447 e. The van der Waals surface area contributed by atoms with E-state index in [0.717, 1.165) is 5.56 Å². The average Bonchev–Trinajstić information content (AvgIpc) is 2.93. The normalized spacial score (nSPS) is 33.2. The van der Waals surface area contributed by atoms with Crippen LogP contribution < -0.4 is 0 Å². The molecule has 4 nitrogen and oxygen atoms in total. The largest absolute Gasteiger partial charge is 0.447 e. The third kappa shape index (κ3) is 1.99. The highest BCUT2D eigenvalue weighted by Crippen LogP contribution is 2.58. The van der Waals surface area contributed by atoms with E-state index in [1.807, 2.05) is 30.3 Å². The van der Waals surface area contributed by atoms with Crippen LogP contribution in [0, 0.1) is 11.3 Å². The van der Waals surface area contributed by atoms with Crippen molar-refractivity contribution < 1.29 is 14.6 Å². The summed E-state index contributed by atoms with van der Waals surface area (Å²) in [5, 5.41) is 10.9. The monoisotopic (exact) mass is 275 g/mol. The smallest absolute Gasteiger partial charge is 0.412 e. The quantitative estimate of drug-likeness (QED) is 0.902. The van der Waals surface area contributed by atoms with Crippen LogP contribution >= 0.6 is 0 Å². The summed E-state index contributed by atoms with van der Waals surface area (Å²) >= 11 is 0. The highest BCUT2D eigenvalue weighted by atomic mass is 16.6. The molecule has 1 aliphatic heterocycles. The highest BCUT2D eigenvalue weighted by Gasteiger charge is 2.66. The Morgan fingerprint density at radius 3 is 2.50 bits per heavy atom. The fourth-order valence-electron chi connectivity index (χ4n) is 3.28. The van der Waals surface area contributed by atoms with Gasteiger partial charge in [0.25, 0.3) is 0 Å². The molecule has 108 valence electrons. The zero-order valence-electron chi connectivity index (χ0n) is 12.2. The molecule has 0 bridgehead atoms. The third-order valence-corrected chi connectivity index (χ3v) is 4.42. The standard InChI is InChI=1S/C16H21NO3/c1-15(2,3)13-9-16(13,19)17-12(10-20-14(17)18)11-7-5-4-6-8-11/h4-8,12-13,19H,9-10H2,1-3H3/t12-,13+,16+/m0/s1. The van der Waals surface area contributed by atoms with Crippen LogP contribution in [0.5, 0.6) is 0 Å². The van der Waals surface area contributed by atoms with Crippen LogP contribution in [-0.4, -0.2) is 28.4 Å². The first-order valence-electron chi connectivity index (χ1n) is 7.07. The molecule has 3 atom stereocenters. The number of nitrogens with zero attached hydrogens (tertiary/aromatic N) is 1. The van der Waals surface area contributed by atoms with Gasteiger partial charge in [0, 0.05) is 12.3 Å². The molecule has 2 fully saturated rings. The van der Waals surface area contributed by atoms with Crippen LogP contribution in [0.15, 0.2) is 30.3 Å². The van der Waals surface area contributed by atoms with E-state index in [4.69, 9.17) is 4.74 Å². The predicted molar refractivity (Wildman–Crippen MR) is 74.9 cm³/mol. The summed E-state index contributed by atoms with van der Waals surface area (Å²) < 4.78 is 5.19. The maximum atomic E-state index is 12.1. The lowest BCUT2D eigenvalue weighted by atomic mass is 9.89. The second-order valence-electron chi connectivity index (χ2n) is 6.87. The molecule has 1 saturated carbocycles. The van der Waals surface area contributed by atoms with E-state index < -0.39 is 11.8 Å². The summed E-state index contributed by atoms with van der Waals surface area (Å²) in [6.45, 7) is 6.58. The molecular weight excluding hydrogens is 254 g/mol. The summed E-state index contributed by atoms with van der Waals surface area (Å²) in [6, 6.07) is 9.56. The van der Waals surface area contributed by atoms with E-state index in [-0.39, 0.29) is 17.4 Å². The minimum absolute atomic E-state index is 0.0289. The summed E-state index contributed by atoms with van der Waals surface area (Å²) in [5.74, 6) is 0.0897. The van der Waals surface area contributed by atoms with Crippen LogP contribution in [0.3, 0.4) is 0 Å². The predicted octanol–water partition coefficient (Wildman–Crippen LogP) is 2.93. The first-order valence-corrected chi connectivity index (χ1v) is 7.07. The Hall–Kier alpha value is -1.55. The Kier molecular flexibility index (Phi) is 2.83. The number of carbonyl (C=O) groups excluding carboxylic acids is 1. The molecule has 1 aromatic carbocycles. The molecule has 1 saturated heterocycles. The molecule has 0 spiro atoms. The number of ether oxygens (including phenoxy) is 1. The maximum absolute atomic E-state index is 12.1. The summed E-state index contributed by atoms with van der Waals surface area (Å²) in [4.78, 5) is 13.6.